The Labute approximate surface area is 176 Å². The van der Waals surface area contributed by atoms with Crippen LogP contribution in [0.25, 0.3) is 0 Å². The van der Waals surface area contributed by atoms with Gasteiger partial charge in [-0.05, 0) is 48.9 Å². The van der Waals surface area contributed by atoms with E-state index in [9.17, 15) is 4.79 Å². The molecule has 2 saturated heterocycles. The van der Waals surface area contributed by atoms with Crippen LogP contribution in [0.5, 0.6) is 0 Å². The molecule has 2 amide bonds. The van der Waals surface area contributed by atoms with Crippen LogP contribution in [-0.4, -0.2) is 29.1 Å². The predicted octanol–water partition coefficient (Wildman–Crippen LogP) is 4.99. The van der Waals surface area contributed by atoms with Gasteiger partial charge in [-0.15, -0.1) is 0 Å². The Bertz CT molecular complexity index is 816. The lowest BCUT2D eigenvalue weighted by molar-refractivity contribution is 0.111. The number of nitrogens with zero attached hydrogens (tertiary/aromatic N) is 1. The number of amides is 2. The number of carbonyl (C=O) groups excluding carboxylic acids is 1. The molecule has 0 radical (unpaired) electrons. The smallest absolute Gasteiger partial charge is 0.315 e. The minimum Gasteiger partial charge on any atom is -0.335 e. The second-order valence-corrected chi connectivity index (χ2v) is 8.60. The molecule has 0 aromatic heterocycles. The number of rotatable bonds is 5. The molecular weight excluding hydrogens is 393 g/mol. The van der Waals surface area contributed by atoms with Gasteiger partial charge in [-0.3, -0.25) is 4.90 Å². The highest BCUT2D eigenvalue weighted by Crippen LogP contribution is 2.36. The van der Waals surface area contributed by atoms with Crippen LogP contribution in [0.4, 0.5) is 4.79 Å². The first-order valence-electron chi connectivity index (χ1n) is 9.86. The van der Waals surface area contributed by atoms with Crippen LogP contribution in [0.1, 0.15) is 36.8 Å². The van der Waals surface area contributed by atoms with Crippen molar-refractivity contribution in [1.82, 2.24) is 15.5 Å². The van der Waals surface area contributed by atoms with Gasteiger partial charge in [0.1, 0.15) is 0 Å². The molecule has 2 atom stereocenters. The van der Waals surface area contributed by atoms with Gasteiger partial charge >= 0.3 is 6.03 Å². The monoisotopic (exact) mass is 417 g/mol. The fraction of sp³-hybridized carbons (Fsp3) is 0.409. The predicted molar refractivity (Wildman–Crippen MR) is 114 cm³/mol. The van der Waals surface area contributed by atoms with E-state index in [4.69, 9.17) is 23.2 Å². The number of piperidine rings is 1. The maximum atomic E-state index is 12.3. The Hall–Kier alpha value is -1.75. The summed E-state index contributed by atoms with van der Waals surface area (Å²) in [4.78, 5) is 15.0. The van der Waals surface area contributed by atoms with Gasteiger partial charge < -0.3 is 10.6 Å². The van der Waals surface area contributed by atoms with Crippen LogP contribution < -0.4 is 10.6 Å². The molecule has 28 heavy (non-hydrogen) atoms. The van der Waals surface area contributed by atoms with E-state index in [1.165, 1.54) is 18.4 Å². The molecule has 0 spiro atoms. The zero-order valence-electron chi connectivity index (χ0n) is 15.7. The van der Waals surface area contributed by atoms with E-state index in [-0.39, 0.29) is 12.1 Å². The van der Waals surface area contributed by atoms with Gasteiger partial charge in [0.15, 0.2) is 0 Å². The summed E-state index contributed by atoms with van der Waals surface area (Å²) in [7, 11) is 0. The summed E-state index contributed by atoms with van der Waals surface area (Å²) < 4.78 is 0. The number of hydrogen-bond acceptors (Lipinski definition) is 2. The van der Waals surface area contributed by atoms with E-state index in [1.54, 1.807) is 12.1 Å². The van der Waals surface area contributed by atoms with Crippen molar-refractivity contribution >= 4 is 29.2 Å². The summed E-state index contributed by atoms with van der Waals surface area (Å²) in [6.07, 6.45) is 4.48. The normalized spacial score (nSPS) is 24.1. The molecule has 2 aromatic carbocycles. The number of fused-ring (bicyclic) bond motifs is 2. The molecule has 0 saturated carbocycles. The lowest BCUT2D eigenvalue weighted by atomic mass is 9.96. The van der Waals surface area contributed by atoms with Crippen molar-refractivity contribution < 1.29 is 4.79 Å². The zero-order chi connectivity index (χ0) is 19.5. The van der Waals surface area contributed by atoms with Crippen LogP contribution in [0.3, 0.4) is 0 Å². The lowest BCUT2D eigenvalue weighted by Crippen LogP contribution is -2.51. The number of halogens is 2. The van der Waals surface area contributed by atoms with Crippen molar-refractivity contribution in [3.05, 3.63) is 69.7 Å². The maximum absolute atomic E-state index is 12.3. The van der Waals surface area contributed by atoms with Gasteiger partial charge in [0.25, 0.3) is 0 Å². The average Bonchev–Trinajstić information content (AvgIpc) is 2.92. The quantitative estimate of drug-likeness (QED) is 0.719. The first kappa shape index (κ1) is 19.6. The molecule has 2 aromatic rings. The molecule has 4 rings (SSSR count). The minimum absolute atomic E-state index is 0.119. The molecule has 0 aliphatic carbocycles. The summed E-state index contributed by atoms with van der Waals surface area (Å²) >= 11 is 12.0. The highest BCUT2D eigenvalue weighted by molar-refractivity contribution is 6.42. The molecular formula is C22H25Cl2N3O. The van der Waals surface area contributed by atoms with E-state index in [1.807, 2.05) is 6.07 Å². The summed E-state index contributed by atoms with van der Waals surface area (Å²) in [6.45, 7) is 1.44. The van der Waals surface area contributed by atoms with Crippen molar-refractivity contribution in [2.24, 2.45) is 0 Å². The lowest BCUT2D eigenvalue weighted by Gasteiger charge is -2.39. The third kappa shape index (κ3) is 4.62. The Morgan fingerprint density at radius 1 is 0.964 bits per heavy atom. The highest BCUT2D eigenvalue weighted by Gasteiger charge is 2.40. The SMILES string of the molecule is O=C(NCc1ccc(Cl)c(Cl)c1)NC1CC2CCC(C1)N2Cc1ccccc1. The van der Waals surface area contributed by atoms with Crippen LogP contribution in [0.2, 0.25) is 10.0 Å². The van der Waals surface area contributed by atoms with E-state index in [0.29, 0.717) is 28.7 Å². The number of nitrogens with one attached hydrogen (secondary N) is 2. The van der Waals surface area contributed by atoms with Gasteiger partial charge in [0, 0.05) is 31.2 Å². The maximum Gasteiger partial charge on any atom is 0.315 e. The molecule has 2 unspecified atom stereocenters. The van der Waals surface area contributed by atoms with Crippen molar-refractivity contribution in [1.29, 1.82) is 0 Å². The van der Waals surface area contributed by atoms with E-state index >= 15 is 0 Å². The summed E-state index contributed by atoms with van der Waals surface area (Å²) in [6, 6.07) is 17.3. The Kier molecular flexibility index (Phi) is 6.10. The molecule has 2 heterocycles. The third-order valence-electron chi connectivity index (χ3n) is 5.86. The summed E-state index contributed by atoms with van der Waals surface area (Å²) in [5.41, 5.74) is 2.30. The van der Waals surface area contributed by atoms with Crippen molar-refractivity contribution in [2.45, 2.75) is 56.9 Å². The van der Waals surface area contributed by atoms with Gasteiger partial charge in [-0.25, -0.2) is 4.79 Å². The molecule has 6 heteroatoms. The van der Waals surface area contributed by atoms with Gasteiger partial charge in [0.05, 0.1) is 10.0 Å². The molecule has 2 N–H and O–H groups in total. The largest absolute Gasteiger partial charge is 0.335 e. The van der Waals surface area contributed by atoms with Crippen LogP contribution >= 0.6 is 23.2 Å². The average molecular weight is 418 g/mol. The minimum atomic E-state index is -0.119. The number of benzene rings is 2. The molecule has 2 fully saturated rings. The fourth-order valence-corrected chi connectivity index (χ4v) is 4.83. The summed E-state index contributed by atoms with van der Waals surface area (Å²) in [5.74, 6) is 0. The van der Waals surface area contributed by atoms with E-state index in [2.05, 4.69) is 45.9 Å². The highest BCUT2D eigenvalue weighted by atomic mass is 35.5. The fourth-order valence-electron chi connectivity index (χ4n) is 4.51. The van der Waals surface area contributed by atoms with Crippen molar-refractivity contribution in [3.63, 3.8) is 0 Å². The van der Waals surface area contributed by atoms with Gasteiger partial charge in [-0.1, -0.05) is 59.6 Å². The molecule has 4 nitrogen and oxygen atoms in total. The van der Waals surface area contributed by atoms with E-state index < -0.39 is 0 Å². The van der Waals surface area contributed by atoms with Crippen LogP contribution in [0.15, 0.2) is 48.5 Å². The van der Waals surface area contributed by atoms with Crippen LogP contribution in [-0.2, 0) is 13.1 Å². The molecule has 2 aliphatic heterocycles. The first-order chi connectivity index (χ1) is 13.6. The standard InChI is InChI=1S/C22H25Cl2N3O/c23-20-9-6-16(10-21(20)24)13-25-22(28)26-17-11-18-7-8-19(12-17)27(18)14-15-4-2-1-3-5-15/h1-6,9-10,17-19H,7-8,11-14H2,(H2,25,26,28). The number of hydrogen-bond donors (Lipinski definition) is 2. The van der Waals surface area contributed by atoms with Crippen LogP contribution in [0, 0.1) is 0 Å². The third-order valence-corrected chi connectivity index (χ3v) is 6.60. The van der Waals surface area contributed by atoms with Gasteiger partial charge in [0.2, 0.25) is 0 Å². The second-order valence-electron chi connectivity index (χ2n) is 7.79. The van der Waals surface area contributed by atoms with Crippen molar-refractivity contribution in [3.8, 4) is 0 Å². The number of urea groups is 1. The first-order valence-corrected chi connectivity index (χ1v) is 10.6. The Morgan fingerprint density at radius 2 is 1.68 bits per heavy atom. The zero-order valence-corrected chi connectivity index (χ0v) is 17.2. The Morgan fingerprint density at radius 3 is 2.36 bits per heavy atom. The topological polar surface area (TPSA) is 44.4 Å². The van der Waals surface area contributed by atoms with Gasteiger partial charge in [-0.2, -0.15) is 0 Å². The molecule has 148 valence electrons. The van der Waals surface area contributed by atoms with Crippen molar-refractivity contribution in [2.75, 3.05) is 0 Å². The Balaban J connectivity index is 1.27. The summed E-state index contributed by atoms with van der Waals surface area (Å²) in [5, 5.41) is 7.12. The number of carbonyl (C=O) groups is 1. The molecule has 2 aliphatic rings. The van der Waals surface area contributed by atoms with E-state index in [0.717, 1.165) is 24.9 Å². The second kappa shape index (κ2) is 8.73. The molecule has 2 bridgehead atoms.